The van der Waals surface area contributed by atoms with Gasteiger partial charge in [0, 0.05) is 6.08 Å². The van der Waals surface area contributed by atoms with Gasteiger partial charge in [0.15, 0.2) is 0 Å². The van der Waals surface area contributed by atoms with Crippen molar-refractivity contribution in [1.82, 2.24) is 10.3 Å². The van der Waals surface area contributed by atoms with Gasteiger partial charge in [-0.3, -0.25) is 4.79 Å². The van der Waals surface area contributed by atoms with Crippen LogP contribution in [0.25, 0.3) is 16.3 Å². The van der Waals surface area contributed by atoms with Crippen molar-refractivity contribution in [1.29, 1.82) is 0 Å². The van der Waals surface area contributed by atoms with Gasteiger partial charge >= 0.3 is 0 Å². The first-order valence-corrected chi connectivity index (χ1v) is 8.94. The van der Waals surface area contributed by atoms with Crippen molar-refractivity contribution in [3.63, 3.8) is 0 Å². The quantitative estimate of drug-likeness (QED) is 0.536. The first-order valence-electron chi connectivity index (χ1n) is 8.13. The summed E-state index contributed by atoms with van der Waals surface area (Å²) in [6, 6.07) is 14.0. The smallest absolute Gasteiger partial charge is 0.244 e. The van der Waals surface area contributed by atoms with E-state index in [4.69, 9.17) is 4.74 Å². The molecule has 0 bridgehead atoms. The van der Waals surface area contributed by atoms with Crippen molar-refractivity contribution in [3.05, 3.63) is 64.7 Å². The van der Waals surface area contributed by atoms with E-state index in [-0.39, 0.29) is 5.91 Å². The number of para-hydroxylation sites is 1. The Bertz CT molecular complexity index is 862. The molecule has 0 aliphatic carbocycles. The molecule has 2 aromatic carbocycles. The number of fused-ring (bicyclic) bond motifs is 1. The molecule has 0 unspecified atom stereocenters. The highest BCUT2D eigenvalue weighted by molar-refractivity contribution is 7.19. The molecule has 3 aromatic rings. The van der Waals surface area contributed by atoms with Crippen LogP contribution in [0.2, 0.25) is 0 Å². The lowest BCUT2D eigenvalue weighted by atomic mass is 10.1. The van der Waals surface area contributed by atoms with E-state index in [0.29, 0.717) is 13.2 Å². The van der Waals surface area contributed by atoms with Crippen molar-refractivity contribution in [2.45, 2.75) is 13.8 Å². The molecule has 25 heavy (non-hydrogen) atoms. The number of amides is 1. The lowest BCUT2D eigenvalue weighted by molar-refractivity contribution is -0.116. The van der Waals surface area contributed by atoms with Crippen molar-refractivity contribution < 1.29 is 9.53 Å². The molecule has 0 radical (unpaired) electrons. The van der Waals surface area contributed by atoms with E-state index >= 15 is 0 Å². The molecule has 0 saturated heterocycles. The zero-order chi connectivity index (χ0) is 17.6. The number of carbonyl (C=O) groups excluding carboxylic acids is 1. The Morgan fingerprint density at radius 2 is 1.96 bits per heavy atom. The first-order chi connectivity index (χ1) is 12.1. The van der Waals surface area contributed by atoms with E-state index in [9.17, 15) is 4.79 Å². The van der Waals surface area contributed by atoms with Gasteiger partial charge in [-0.15, -0.1) is 11.3 Å². The third-order valence-corrected chi connectivity index (χ3v) is 4.55. The van der Waals surface area contributed by atoms with Gasteiger partial charge in [0.05, 0.1) is 16.8 Å². The highest BCUT2D eigenvalue weighted by atomic mass is 32.1. The molecule has 128 valence electrons. The van der Waals surface area contributed by atoms with Crippen molar-refractivity contribution >= 4 is 33.5 Å². The lowest BCUT2D eigenvalue weighted by Gasteiger charge is -2.08. The van der Waals surface area contributed by atoms with Crippen LogP contribution < -0.4 is 10.1 Å². The van der Waals surface area contributed by atoms with Crippen LogP contribution in [-0.4, -0.2) is 24.0 Å². The fourth-order valence-corrected chi connectivity index (χ4v) is 3.40. The summed E-state index contributed by atoms with van der Waals surface area (Å²) >= 11 is 1.56. The predicted molar refractivity (Wildman–Crippen MR) is 103 cm³/mol. The molecule has 0 fully saturated rings. The molecule has 1 amide bonds. The van der Waals surface area contributed by atoms with Crippen LogP contribution in [0.4, 0.5) is 0 Å². The fourth-order valence-electron chi connectivity index (χ4n) is 2.53. The molecule has 3 rings (SSSR count). The van der Waals surface area contributed by atoms with Crippen LogP contribution in [0.1, 0.15) is 16.1 Å². The summed E-state index contributed by atoms with van der Waals surface area (Å²) in [5.41, 5.74) is 3.28. The fraction of sp³-hybridized carbons (Fsp3) is 0.200. The largest absolute Gasteiger partial charge is 0.492 e. The summed E-state index contributed by atoms with van der Waals surface area (Å²) in [5, 5.41) is 3.63. The number of carbonyl (C=O) groups is 1. The van der Waals surface area contributed by atoms with Gasteiger partial charge in [-0.1, -0.05) is 18.2 Å². The second kappa shape index (κ2) is 7.94. The zero-order valence-corrected chi connectivity index (χ0v) is 15.1. The SMILES string of the molecule is Cc1cc(C)cc(OCCNC(=O)/C=C/c2nc3ccccc3s2)c1. The average molecular weight is 352 g/mol. The van der Waals surface area contributed by atoms with E-state index in [1.54, 1.807) is 17.4 Å². The topological polar surface area (TPSA) is 51.2 Å². The summed E-state index contributed by atoms with van der Waals surface area (Å²) in [5.74, 6) is 0.681. The van der Waals surface area contributed by atoms with Crippen LogP contribution in [0.5, 0.6) is 5.75 Å². The number of thiazole rings is 1. The molecule has 0 aliphatic rings. The molecular formula is C20H20N2O2S. The number of rotatable bonds is 6. The van der Waals surface area contributed by atoms with Gasteiger partial charge < -0.3 is 10.1 Å². The van der Waals surface area contributed by atoms with Gasteiger partial charge in [-0.05, 0) is 55.3 Å². The molecule has 4 nitrogen and oxygen atoms in total. The maximum atomic E-state index is 11.9. The summed E-state index contributed by atoms with van der Waals surface area (Å²) in [4.78, 5) is 16.3. The maximum absolute atomic E-state index is 11.9. The summed E-state index contributed by atoms with van der Waals surface area (Å²) in [6.07, 6.45) is 3.25. The Balaban J connectivity index is 1.46. The third-order valence-electron chi connectivity index (χ3n) is 3.55. The molecule has 0 aliphatic heterocycles. The highest BCUT2D eigenvalue weighted by Gasteiger charge is 2.01. The number of hydrogen-bond donors (Lipinski definition) is 1. The Labute approximate surface area is 151 Å². The molecule has 0 saturated carbocycles. The van der Waals surface area contributed by atoms with Crippen LogP contribution in [0, 0.1) is 13.8 Å². The number of nitrogens with zero attached hydrogens (tertiary/aromatic N) is 1. The van der Waals surface area contributed by atoms with Gasteiger partial charge in [0.2, 0.25) is 5.91 Å². The number of nitrogens with one attached hydrogen (secondary N) is 1. The molecule has 1 heterocycles. The number of aromatic nitrogens is 1. The van der Waals surface area contributed by atoms with E-state index < -0.39 is 0 Å². The van der Waals surface area contributed by atoms with E-state index in [0.717, 1.165) is 32.1 Å². The summed E-state index contributed by atoms with van der Waals surface area (Å²) < 4.78 is 6.79. The van der Waals surface area contributed by atoms with E-state index in [2.05, 4.69) is 16.4 Å². The summed E-state index contributed by atoms with van der Waals surface area (Å²) in [7, 11) is 0. The van der Waals surface area contributed by atoms with Crippen LogP contribution in [0.15, 0.2) is 48.5 Å². The maximum Gasteiger partial charge on any atom is 0.244 e. The third kappa shape index (κ3) is 4.90. The summed E-state index contributed by atoms with van der Waals surface area (Å²) in [6.45, 7) is 4.96. The number of ether oxygens (including phenoxy) is 1. The zero-order valence-electron chi connectivity index (χ0n) is 14.3. The molecule has 5 heteroatoms. The van der Waals surface area contributed by atoms with Crippen molar-refractivity contribution in [2.24, 2.45) is 0 Å². The van der Waals surface area contributed by atoms with Crippen LogP contribution in [-0.2, 0) is 4.79 Å². The number of benzene rings is 2. The second-order valence-electron chi connectivity index (χ2n) is 5.82. The Hall–Kier alpha value is -2.66. The number of aryl methyl sites for hydroxylation is 2. The van der Waals surface area contributed by atoms with Gasteiger partial charge in [-0.2, -0.15) is 0 Å². The Morgan fingerprint density at radius 3 is 2.72 bits per heavy atom. The van der Waals surface area contributed by atoms with Crippen LogP contribution >= 0.6 is 11.3 Å². The monoisotopic (exact) mass is 352 g/mol. The minimum atomic E-state index is -0.150. The number of hydrogen-bond acceptors (Lipinski definition) is 4. The van der Waals surface area contributed by atoms with Crippen molar-refractivity contribution in [2.75, 3.05) is 13.2 Å². The van der Waals surface area contributed by atoms with E-state index in [1.165, 1.54) is 6.08 Å². The van der Waals surface area contributed by atoms with Crippen LogP contribution in [0.3, 0.4) is 0 Å². The predicted octanol–water partition coefficient (Wildman–Crippen LogP) is 4.12. The molecule has 0 spiro atoms. The van der Waals surface area contributed by atoms with E-state index in [1.807, 2.05) is 50.2 Å². The van der Waals surface area contributed by atoms with Gasteiger partial charge in [0.1, 0.15) is 17.4 Å². The first kappa shape index (κ1) is 17.2. The molecular weight excluding hydrogens is 332 g/mol. The minimum Gasteiger partial charge on any atom is -0.492 e. The average Bonchev–Trinajstić information content (AvgIpc) is 2.99. The molecule has 1 N–H and O–H groups in total. The highest BCUT2D eigenvalue weighted by Crippen LogP contribution is 2.22. The lowest BCUT2D eigenvalue weighted by Crippen LogP contribution is -2.26. The van der Waals surface area contributed by atoms with Gasteiger partial charge in [0.25, 0.3) is 0 Å². The second-order valence-corrected chi connectivity index (χ2v) is 6.88. The normalized spacial score (nSPS) is 11.1. The van der Waals surface area contributed by atoms with Gasteiger partial charge in [-0.25, -0.2) is 4.98 Å². The Kier molecular flexibility index (Phi) is 5.46. The minimum absolute atomic E-state index is 0.150. The standard InChI is InChI=1S/C20H20N2O2S/c1-14-11-15(2)13-16(12-14)24-10-9-21-19(23)7-8-20-22-17-5-3-4-6-18(17)25-20/h3-8,11-13H,9-10H2,1-2H3,(H,21,23)/b8-7+. The van der Waals surface area contributed by atoms with Crippen molar-refractivity contribution in [3.8, 4) is 5.75 Å². The molecule has 1 aromatic heterocycles. The Morgan fingerprint density at radius 1 is 1.20 bits per heavy atom. The molecule has 0 atom stereocenters.